The zero-order chi connectivity index (χ0) is 17.6. The molecule has 2 aromatic rings. The molecule has 1 unspecified atom stereocenters. The largest absolute Gasteiger partial charge is 0.381 e. The molecule has 0 radical (unpaired) electrons. The van der Waals surface area contributed by atoms with Gasteiger partial charge in [0, 0.05) is 31.2 Å². The minimum absolute atomic E-state index is 0.164. The Morgan fingerprint density at radius 3 is 2.92 bits per heavy atom. The minimum Gasteiger partial charge on any atom is -0.381 e. The summed E-state index contributed by atoms with van der Waals surface area (Å²) < 4.78 is 10.5. The Kier molecular flexibility index (Phi) is 5.60. The van der Waals surface area contributed by atoms with Crippen LogP contribution in [-0.4, -0.2) is 40.8 Å². The van der Waals surface area contributed by atoms with Gasteiger partial charge in [0.25, 0.3) is 5.91 Å². The van der Waals surface area contributed by atoms with Gasteiger partial charge in [-0.25, -0.2) is 4.98 Å². The molecule has 1 atom stereocenters. The first-order chi connectivity index (χ1) is 12.1. The third-order valence-corrected chi connectivity index (χ3v) is 4.01. The highest BCUT2D eigenvalue weighted by Gasteiger charge is 2.15. The van der Waals surface area contributed by atoms with Gasteiger partial charge in [-0.05, 0) is 18.6 Å². The third-order valence-electron chi connectivity index (χ3n) is 4.01. The molecule has 3 rings (SSSR count). The van der Waals surface area contributed by atoms with Gasteiger partial charge in [0.05, 0.1) is 18.7 Å². The molecule has 2 N–H and O–H groups in total. The Hall–Kier alpha value is -2.48. The Morgan fingerprint density at radius 2 is 2.28 bits per heavy atom. The molecule has 0 bridgehead atoms. The monoisotopic (exact) mass is 345 g/mol. The lowest BCUT2D eigenvalue weighted by Gasteiger charge is -2.10. The third kappa shape index (κ3) is 4.76. The number of aromatic nitrogens is 3. The molecule has 0 aliphatic carbocycles. The highest BCUT2D eigenvalue weighted by atomic mass is 16.5. The highest BCUT2D eigenvalue weighted by Crippen LogP contribution is 2.14. The number of hydrogen-bond acceptors (Lipinski definition) is 7. The molecule has 25 heavy (non-hydrogen) atoms. The second-order valence-corrected chi connectivity index (χ2v) is 6.43. The van der Waals surface area contributed by atoms with E-state index in [1.807, 2.05) is 13.8 Å². The lowest BCUT2D eigenvalue weighted by Crippen LogP contribution is -2.23. The predicted octanol–water partition coefficient (Wildman–Crippen LogP) is 1.97. The molecule has 2 aromatic heterocycles. The van der Waals surface area contributed by atoms with Crippen molar-refractivity contribution in [1.82, 2.24) is 20.4 Å². The van der Waals surface area contributed by atoms with Crippen LogP contribution in [0, 0.1) is 5.92 Å². The number of nitrogens with one attached hydrogen (secondary N) is 2. The summed E-state index contributed by atoms with van der Waals surface area (Å²) in [5, 5.41) is 9.87. The molecule has 8 nitrogen and oxygen atoms in total. The van der Waals surface area contributed by atoms with Gasteiger partial charge in [0.15, 0.2) is 5.82 Å². The summed E-state index contributed by atoms with van der Waals surface area (Å²) in [5.74, 6) is 2.24. The van der Waals surface area contributed by atoms with Crippen LogP contribution in [0.4, 0.5) is 5.82 Å². The van der Waals surface area contributed by atoms with Crippen molar-refractivity contribution in [3.8, 4) is 0 Å². The molecule has 1 fully saturated rings. The molecular weight excluding hydrogens is 322 g/mol. The molecule has 134 valence electrons. The van der Waals surface area contributed by atoms with Crippen molar-refractivity contribution in [3.05, 3.63) is 35.6 Å². The lowest BCUT2D eigenvalue weighted by atomic mass is 10.1. The van der Waals surface area contributed by atoms with E-state index in [0.29, 0.717) is 23.2 Å². The van der Waals surface area contributed by atoms with E-state index >= 15 is 0 Å². The van der Waals surface area contributed by atoms with Gasteiger partial charge in [-0.3, -0.25) is 4.79 Å². The van der Waals surface area contributed by atoms with Crippen LogP contribution in [0.25, 0.3) is 0 Å². The Balaban J connectivity index is 1.48. The van der Waals surface area contributed by atoms with Crippen molar-refractivity contribution in [2.75, 3.05) is 25.1 Å². The smallest absolute Gasteiger partial charge is 0.253 e. The van der Waals surface area contributed by atoms with Gasteiger partial charge in [0.2, 0.25) is 5.89 Å². The number of nitrogens with zero attached hydrogens (tertiary/aromatic N) is 3. The number of pyridine rings is 1. The van der Waals surface area contributed by atoms with Crippen LogP contribution >= 0.6 is 0 Å². The van der Waals surface area contributed by atoms with Gasteiger partial charge in [-0.2, -0.15) is 4.98 Å². The van der Waals surface area contributed by atoms with E-state index in [-0.39, 0.29) is 18.4 Å². The van der Waals surface area contributed by atoms with Gasteiger partial charge >= 0.3 is 0 Å². The van der Waals surface area contributed by atoms with E-state index in [1.165, 1.54) is 0 Å². The van der Waals surface area contributed by atoms with Crippen molar-refractivity contribution in [2.24, 2.45) is 5.92 Å². The van der Waals surface area contributed by atoms with Crippen molar-refractivity contribution >= 4 is 11.7 Å². The minimum atomic E-state index is -0.223. The zero-order valence-electron chi connectivity index (χ0n) is 14.5. The predicted molar refractivity (Wildman–Crippen MR) is 91.2 cm³/mol. The van der Waals surface area contributed by atoms with E-state index in [1.54, 1.807) is 18.3 Å². The number of rotatable bonds is 7. The second-order valence-electron chi connectivity index (χ2n) is 6.43. The summed E-state index contributed by atoms with van der Waals surface area (Å²) in [5.41, 5.74) is 0.488. The molecule has 1 amide bonds. The van der Waals surface area contributed by atoms with E-state index in [9.17, 15) is 4.79 Å². The Bertz CT molecular complexity index is 693. The average Bonchev–Trinajstić information content (AvgIpc) is 3.30. The summed E-state index contributed by atoms with van der Waals surface area (Å²) in [6.45, 7) is 6.61. The molecule has 3 heterocycles. The van der Waals surface area contributed by atoms with Crippen LogP contribution < -0.4 is 10.6 Å². The van der Waals surface area contributed by atoms with Crippen LogP contribution in [0.1, 0.15) is 48.3 Å². The van der Waals surface area contributed by atoms with Crippen LogP contribution in [0.5, 0.6) is 0 Å². The molecule has 0 spiro atoms. The fraction of sp³-hybridized carbons (Fsp3) is 0.529. The van der Waals surface area contributed by atoms with Crippen LogP contribution in [0.15, 0.2) is 22.9 Å². The molecular formula is C17H23N5O3. The fourth-order valence-corrected chi connectivity index (χ4v) is 2.46. The second kappa shape index (κ2) is 8.06. The topological polar surface area (TPSA) is 102 Å². The molecule has 1 aliphatic heterocycles. The maximum absolute atomic E-state index is 12.2. The van der Waals surface area contributed by atoms with Gasteiger partial charge in [-0.1, -0.05) is 19.0 Å². The van der Waals surface area contributed by atoms with Crippen molar-refractivity contribution < 1.29 is 14.1 Å². The van der Waals surface area contributed by atoms with Crippen molar-refractivity contribution in [2.45, 2.75) is 32.7 Å². The SMILES string of the molecule is CC(C)c1nc(CNC(=O)c2ccc(NCC3CCOC3)nc2)no1. The number of hydrogen-bond donors (Lipinski definition) is 2. The summed E-state index contributed by atoms with van der Waals surface area (Å²) >= 11 is 0. The molecule has 1 saturated heterocycles. The van der Waals surface area contributed by atoms with E-state index < -0.39 is 0 Å². The highest BCUT2D eigenvalue weighted by molar-refractivity contribution is 5.93. The zero-order valence-corrected chi connectivity index (χ0v) is 14.5. The summed E-state index contributed by atoms with van der Waals surface area (Å²) in [6, 6.07) is 3.54. The standard InChI is InChI=1S/C17H23N5O3/c1-11(2)17-21-15(22-25-17)9-20-16(23)13-3-4-14(19-8-13)18-7-12-5-6-24-10-12/h3-4,8,11-12H,5-7,9-10H2,1-2H3,(H,18,19)(H,20,23). The van der Waals surface area contributed by atoms with Crippen molar-refractivity contribution in [3.63, 3.8) is 0 Å². The van der Waals surface area contributed by atoms with E-state index in [0.717, 1.165) is 32.0 Å². The van der Waals surface area contributed by atoms with Crippen molar-refractivity contribution in [1.29, 1.82) is 0 Å². The fourth-order valence-electron chi connectivity index (χ4n) is 2.46. The number of carbonyl (C=O) groups is 1. The quantitative estimate of drug-likeness (QED) is 0.791. The first-order valence-electron chi connectivity index (χ1n) is 8.50. The van der Waals surface area contributed by atoms with E-state index in [2.05, 4.69) is 25.8 Å². The molecule has 8 heteroatoms. The lowest BCUT2D eigenvalue weighted by molar-refractivity contribution is 0.0949. The van der Waals surface area contributed by atoms with E-state index in [4.69, 9.17) is 9.26 Å². The summed E-state index contributed by atoms with van der Waals surface area (Å²) in [6.07, 6.45) is 2.63. The molecule has 1 aliphatic rings. The van der Waals surface area contributed by atoms with Gasteiger partial charge < -0.3 is 19.9 Å². The van der Waals surface area contributed by atoms with Crippen LogP contribution in [0.2, 0.25) is 0 Å². The number of ether oxygens (including phenoxy) is 1. The van der Waals surface area contributed by atoms with Crippen LogP contribution in [-0.2, 0) is 11.3 Å². The number of anilines is 1. The molecule has 0 aromatic carbocycles. The Morgan fingerprint density at radius 1 is 1.40 bits per heavy atom. The first-order valence-corrected chi connectivity index (χ1v) is 8.50. The first kappa shape index (κ1) is 17.3. The molecule has 0 saturated carbocycles. The van der Waals surface area contributed by atoms with Gasteiger partial charge in [0.1, 0.15) is 5.82 Å². The maximum Gasteiger partial charge on any atom is 0.253 e. The Labute approximate surface area is 146 Å². The summed E-state index contributed by atoms with van der Waals surface area (Å²) in [7, 11) is 0. The average molecular weight is 345 g/mol. The van der Waals surface area contributed by atoms with Gasteiger partial charge in [-0.15, -0.1) is 0 Å². The normalized spacial score (nSPS) is 17.0. The maximum atomic E-state index is 12.2. The number of carbonyl (C=O) groups excluding carboxylic acids is 1. The summed E-state index contributed by atoms with van der Waals surface area (Å²) in [4.78, 5) is 20.7. The van der Waals surface area contributed by atoms with Crippen LogP contribution in [0.3, 0.4) is 0 Å². The number of amides is 1.